The molecule has 1 unspecified atom stereocenters. The topological polar surface area (TPSA) is 41.1 Å². The Labute approximate surface area is 126 Å². The highest BCUT2D eigenvalue weighted by Crippen LogP contribution is 2.18. The van der Waals surface area contributed by atoms with Crippen LogP contribution in [0.1, 0.15) is 39.2 Å². The molecule has 112 valence electrons. The van der Waals surface area contributed by atoms with Gasteiger partial charge in [0.05, 0.1) is 5.25 Å². The van der Waals surface area contributed by atoms with Crippen molar-refractivity contribution < 1.29 is 4.79 Å². The van der Waals surface area contributed by atoms with Gasteiger partial charge in [0.1, 0.15) is 0 Å². The molecule has 0 saturated heterocycles. The van der Waals surface area contributed by atoms with Crippen LogP contribution < -0.4 is 10.6 Å². The van der Waals surface area contributed by atoms with Crippen LogP contribution in [0.2, 0.25) is 0 Å². The summed E-state index contributed by atoms with van der Waals surface area (Å²) in [6.07, 6.45) is 2.34. The number of anilines is 1. The second-order valence-electron chi connectivity index (χ2n) is 4.79. The Morgan fingerprint density at radius 1 is 1.30 bits per heavy atom. The van der Waals surface area contributed by atoms with E-state index in [0.29, 0.717) is 0 Å². The van der Waals surface area contributed by atoms with Gasteiger partial charge in [-0.05, 0) is 37.3 Å². The molecule has 0 aliphatic carbocycles. The maximum Gasteiger partial charge on any atom is 0.237 e. The summed E-state index contributed by atoms with van der Waals surface area (Å²) in [7, 11) is 0. The average molecular weight is 294 g/mol. The van der Waals surface area contributed by atoms with E-state index in [0.717, 1.165) is 30.1 Å². The van der Waals surface area contributed by atoms with Crippen LogP contribution in [0.3, 0.4) is 0 Å². The maximum atomic E-state index is 12.2. The van der Waals surface area contributed by atoms with Crippen molar-refractivity contribution in [3.63, 3.8) is 0 Å². The Morgan fingerprint density at radius 3 is 2.75 bits per heavy atom. The Hall–Kier alpha value is -1.00. The van der Waals surface area contributed by atoms with Crippen LogP contribution in [-0.2, 0) is 11.3 Å². The van der Waals surface area contributed by atoms with Gasteiger partial charge >= 0.3 is 0 Å². The lowest BCUT2D eigenvalue weighted by Gasteiger charge is -2.15. The highest BCUT2D eigenvalue weighted by molar-refractivity contribution is 8.00. The lowest BCUT2D eigenvalue weighted by Crippen LogP contribution is -2.24. The van der Waals surface area contributed by atoms with E-state index in [2.05, 4.69) is 24.5 Å². The van der Waals surface area contributed by atoms with Crippen LogP contribution in [0.4, 0.5) is 5.69 Å². The molecule has 0 heterocycles. The molecule has 0 aliphatic heterocycles. The van der Waals surface area contributed by atoms with Crippen molar-refractivity contribution >= 4 is 23.4 Å². The first-order valence-corrected chi connectivity index (χ1v) is 8.45. The lowest BCUT2D eigenvalue weighted by atomic mass is 10.1. The van der Waals surface area contributed by atoms with Gasteiger partial charge in [0, 0.05) is 12.2 Å². The standard InChI is InChI=1S/C16H26N2OS/c1-4-6-11-20-13(3)16(19)18-15-10-8-7-9-14(15)12-17-5-2/h7-10,13,17H,4-6,11-12H2,1-3H3,(H,18,19). The molecule has 2 N–H and O–H groups in total. The number of carbonyl (C=O) groups is 1. The second kappa shape index (κ2) is 9.83. The molecule has 1 aromatic rings. The molecule has 1 aromatic carbocycles. The number of benzene rings is 1. The number of hydrogen-bond donors (Lipinski definition) is 2. The first-order valence-electron chi connectivity index (χ1n) is 7.40. The number of rotatable bonds is 9. The fourth-order valence-electron chi connectivity index (χ4n) is 1.77. The molecule has 3 nitrogen and oxygen atoms in total. The summed E-state index contributed by atoms with van der Waals surface area (Å²) >= 11 is 1.72. The molecule has 0 aliphatic rings. The summed E-state index contributed by atoms with van der Waals surface area (Å²) in [4.78, 5) is 12.2. The molecular weight excluding hydrogens is 268 g/mol. The summed E-state index contributed by atoms with van der Waals surface area (Å²) in [5, 5.41) is 6.33. The Bertz CT molecular complexity index is 409. The van der Waals surface area contributed by atoms with Gasteiger partial charge in [-0.25, -0.2) is 0 Å². The van der Waals surface area contributed by atoms with E-state index in [-0.39, 0.29) is 11.2 Å². The van der Waals surface area contributed by atoms with Gasteiger partial charge in [0.2, 0.25) is 5.91 Å². The first-order chi connectivity index (χ1) is 9.69. The molecule has 0 bridgehead atoms. The predicted octanol–water partition coefficient (Wildman–Crippen LogP) is 3.66. The third-order valence-corrected chi connectivity index (χ3v) is 4.31. The molecule has 1 amide bonds. The van der Waals surface area contributed by atoms with Gasteiger partial charge in [0.25, 0.3) is 0 Å². The number of unbranched alkanes of at least 4 members (excludes halogenated alkanes) is 1. The Balaban J connectivity index is 2.56. The minimum atomic E-state index is -0.00580. The molecule has 0 fully saturated rings. The predicted molar refractivity (Wildman–Crippen MR) is 89.3 cm³/mol. The fourth-order valence-corrected chi connectivity index (χ4v) is 2.79. The third kappa shape index (κ3) is 5.97. The van der Waals surface area contributed by atoms with Crippen LogP contribution in [0.25, 0.3) is 0 Å². The van der Waals surface area contributed by atoms with Crippen molar-refractivity contribution in [3.8, 4) is 0 Å². The quantitative estimate of drug-likeness (QED) is 0.683. The minimum absolute atomic E-state index is 0.00580. The molecule has 1 rings (SSSR count). The Kier molecular flexibility index (Phi) is 8.38. The lowest BCUT2D eigenvalue weighted by molar-refractivity contribution is -0.115. The summed E-state index contributed by atoms with van der Waals surface area (Å²) in [6.45, 7) is 7.92. The zero-order chi connectivity index (χ0) is 14.8. The van der Waals surface area contributed by atoms with Crippen molar-refractivity contribution in [1.29, 1.82) is 0 Å². The van der Waals surface area contributed by atoms with E-state index in [1.807, 2.05) is 31.2 Å². The number of nitrogens with one attached hydrogen (secondary N) is 2. The molecule has 0 aromatic heterocycles. The van der Waals surface area contributed by atoms with E-state index >= 15 is 0 Å². The normalized spacial score (nSPS) is 12.2. The van der Waals surface area contributed by atoms with Crippen LogP contribution in [0.5, 0.6) is 0 Å². The Morgan fingerprint density at radius 2 is 2.05 bits per heavy atom. The summed E-state index contributed by atoms with van der Waals surface area (Å²) in [5.41, 5.74) is 2.05. The van der Waals surface area contributed by atoms with Gasteiger partial charge < -0.3 is 10.6 Å². The average Bonchev–Trinajstić information content (AvgIpc) is 2.46. The molecule has 4 heteroatoms. The van der Waals surface area contributed by atoms with Crippen molar-refractivity contribution in [3.05, 3.63) is 29.8 Å². The molecule has 0 saturated carbocycles. The summed E-state index contributed by atoms with van der Waals surface area (Å²) in [6, 6.07) is 7.98. The van der Waals surface area contributed by atoms with Crippen LogP contribution in [0, 0.1) is 0 Å². The summed E-state index contributed by atoms with van der Waals surface area (Å²) < 4.78 is 0. The number of carbonyl (C=O) groups excluding carboxylic acids is 1. The van der Waals surface area contributed by atoms with Gasteiger partial charge in [-0.1, -0.05) is 38.5 Å². The number of amides is 1. The van der Waals surface area contributed by atoms with E-state index < -0.39 is 0 Å². The largest absolute Gasteiger partial charge is 0.325 e. The highest BCUT2D eigenvalue weighted by Gasteiger charge is 2.14. The monoisotopic (exact) mass is 294 g/mol. The van der Waals surface area contributed by atoms with Crippen molar-refractivity contribution in [2.45, 2.75) is 45.4 Å². The molecule has 20 heavy (non-hydrogen) atoms. The van der Waals surface area contributed by atoms with Crippen LogP contribution in [-0.4, -0.2) is 23.5 Å². The highest BCUT2D eigenvalue weighted by atomic mass is 32.2. The zero-order valence-electron chi connectivity index (χ0n) is 12.7. The van der Waals surface area contributed by atoms with E-state index in [9.17, 15) is 4.79 Å². The number of hydrogen-bond acceptors (Lipinski definition) is 3. The van der Waals surface area contributed by atoms with Crippen molar-refractivity contribution in [2.75, 3.05) is 17.6 Å². The SMILES string of the molecule is CCCCSC(C)C(=O)Nc1ccccc1CNCC. The maximum absolute atomic E-state index is 12.2. The van der Waals surface area contributed by atoms with Crippen LogP contribution >= 0.6 is 11.8 Å². The van der Waals surface area contributed by atoms with Gasteiger partial charge in [-0.2, -0.15) is 0 Å². The second-order valence-corrected chi connectivity index (χ2v) is 6.24. The zero-order valence-corrected chi connectivity index (χ0v) is 13.6. The van der Waals surface area contributed by atoms with E-state index in [1.165, 1.54) is 12.8 Å². The molecular formula is C16H26N2OS. The first kappa shape index (κ1) is 17.1. The van der Waals surface area contributed by atoms with E-state index in [4.69, 9.17) is 0 Å². The number of para-hydroxylation sites is 1. The molecule has 1 atom stereocenters. The molecule has 0 spiro atoms. The van der Waals surface area contributed by atoms with Crippen molar-refractivity contribution in [2.24, 2.45) is 0 Å². The smallest absolute Gasteiger partial charge is 0.237 e. The fraction of sp³-hybridized carbons (Fsp3) is 0.562. The third-order valence-electron chi connectivity index (χ3n) is 3.08. The van der Waals surface area contributed by atoms with Gasteiger partial charge in [-0.3, -0.25) is 4.79 Å². The summed E-state index contributed by atoms with van der Waals surface area (Å²) in [5.74, 6) is 1.14. The molecule has 0 radical (unpaired) electrons. The van der Waals surface area contributed by atoms with Gasteiger partial charge in [0.15, 0.2) is 0 Å². The van der Waals surface area contributed by atoms with E-state index in [1.54, 1.807) is 11.8 Å². The van der Waals surface area contributed by atoms with Gasteiger partial charge in [-0.15, -0.1) is 11.8 Å². The number of thioether (sulfide) groups is 1. The van der Waals surface area contributed by atoms with Crippen LogP contribution in [0.15, 0.2) is 24.3 Å². The minimum Gasteiger partial charge on any atom is -0.325 e. The van der Waals surface area contributed by atoms with Crippen molar-refractivity contribution in [1.82, 2.24) is 5.32 Å².